The van der Waals surface area contributed by atoms with Crippen LogP contribution in [0.5, 0.6) is 0 Å². The van der Waals surface area contributed by atoms with E-state index in [0.29, 0.717) is 0 Å². The Bertz CT molecular complexity index is 24.3. The second kappa shape index (κ2) is 2.41. The molecule has 1 heteroatoms. The highest BCUT2D eigenvalue weighted by Gasteiger charge is 1.27. The summed E-state index contributed by atoms with van der Waals surface area (Å²) in [6, 6.07) is 0. The predicted molar refractivity (Wildman–Crippen MR) is 18.7 cm³/mol. The fraction of sp³-hybridized carbons (Fsp3) is 0. The van der Waals surface area contributed by atoms with E-state index in [1.807, 2.05) is 0 Å². The molecular formula is C3H4N. The molecule has 0 amide bonds. The number of hydrogen-bond acceptors (Lipinski definition) is 1. The first-order valence-electron chi connectivity index (χ1n) is 0.925. The van der Waals surface area contributed by atoms with E-state index in [-0.39, 0.29) is 0 Å². The van der Waals surface area contributed by atoms with Crippen molar-refractivity contribution in [3.05, 3.63) is 12.8 Å². The Morgan fingerprint density at radius 3 is 2.25 bits per heavy atom. The fourth-order valence-electron chi connectivity index (χ4n) is 0. The van der Waals surface area contributed by atoms with Crippen LogP contribution in [-0.2, 0) is 0 Å². The van der Waals surface area contributed by atoms with E-state index < -0.39 is 0 Å². The number of hydrogen-bond donors (Lipinski definition) is 0. The van der Waals surface area contributed by atoms with Gasteiger partial charge < -0.3 is 0 Å². The van der Waals surface area contributed by atoms with Crippen LogP contribution in [0.2, 0.25) is 0 Å². The van der Waals surface area contributed by atoms with Gasteiger partial charge in [0.05, 0.1) is 0 Å². The average Bonchev–Trinajstić information content (AvgIpc) is 1.37. The smallest absolute Gasteiger partial charge is 0.0450 e. The highest BCUT2D eigenvalue weighted by Crippen LogP contribution is 1.50. The Morgan fingerprint density at radius 1 is 2.00 bits per heavy atom. The van der Waals surface area contributed by atoms with Gasteiger partial charge in [-0.25, -0.2) is 0 Å². The first kappa shape index (κ1) is 3.41. The largest absolute Gasteiger partial charge is 0.264 e. The molecule has 0 N–H and O–H groups in total. The third kappa shape index (κ3) is 1.41. The van der Waals surface area contributed by atoms with Crippen LogP contribution >= 0.6 is 0 Å². The maximum absolute atomic E-state index is 4.53. The van der Waals surface area contributed by atoms with Crippen molar-refractivity contribution in [1.29, 1.82) is 0 Å². The minimum absolute atomic E-state index is 1.28. The molecule has 4 heavy (non-hydrogen) atoms. The van der Waals surface area contributed by atoms with Crippen molar-refractivity contribution >= 4 is 6.72 Å². The van der Waals surface area contributed by atoms with Gasteiger partial charge in [0.2, 0.25) is 0 Å². The maximum Gasteiger partial charge on any atom is 0.0450 e. The van der Waals surface area contributed by atoms with Crippen LogP contribution in [0.25, 0.3) is 0 Å². The van der Waals surface area contributed by atoms with E-state index in [0.717, 1.165) is 0 Å². The van der Waals surface area contributed by atoms with Gasteiger partial charge in [0, 0.05) is 12.9 Å². The summed E-state index contributed by atoms with van der Waals surface area (Å²) in [5.74, 6) is 0. The van der Waals surface area contributed by atoms with Crippen LogP contribution in [0.3, 0.4) is 0 Å². The first-order chi connectivity index (χ1) is 1.91. The quantitative estimate of drug-likeness (QED) is 0.391. The second-order valence-corrected chi connectivity index (χ2v) is 0.332. The normalized spacial score (nSPS) is 5.00. The maximum atomic E-state index is 4.53. The summed E-state index contributed by atoms with van der Waals surface area (Å²) < 4.78 is 0. The Labute approximate surface area is 25.7 Å². The summed E-state index contributed by atoms with van der Waals surface area (Å²) in [5.41, 5.74) is 0. The molecule has 0 atom stereocenters. The molecule has 0 aliphatic heterocycles. The molecule has 0 fully saturated rings. The fourth-order valence-corrected chi connectivity index (χ4v) is 0. The molecule has 0 bridgehead atoms. The molecule has 0 spiro atoms. The zero-order valence-electron chi connectivity index (χ0n) is 2.31. The summed E-state index contributed by atoms with van der Waals surface area (Å²) in [6.45, 7) is 7.72. The van der Waals surface area contributed by atoms with Crippen molar-refractivity contribution < 1.29 is 0 Å². The average molecular weight is 54.1 g/mol. The SMILES string of the molecule is [CH]=NC=C. The zero-order valence-corrected chi connectivity index (χ0v) is 2.31. The van der Waals surface area contributed by atoms with Crippen molar-refractivity contribution in [2.75, 3.05) is 0 Å². The van der Waals surface area contributed by atoms with Crippen LogP contribution in [0.1, 0.15) is 0 Å². The molecule has 0 aromatic heterocycles. The monoisotopic (exact) mass is 54.0 g/mol. The van der Waals surface area contributed by atoms with Gasteiger partial charge in [-0.2, -0.15) is 0 Å². The van der Waals surface area contributed by atoms with Crippen molar-refractivity contribution in [3.8, 4) is 0 Å². The lowest BCUT2D eigenvalue weighted by Gasteiger charge is -1.47. The molecule has 0 aromatic carbocycles. The van der Waals surface area contributed by atoms with Gasteiger partial charge in [0.25, 0.3) is 0 Å². The molecule has 0 unspecified atom stereocenters. The van der Waals surface area contributed by atoms with E-state index in [9.17, 15) is 0 Å². The summed E-state index contributed by atoms with van der Waals surface area (Å²) in [5, 5.41) is 0. The molecule has 1 nitrogen and oxygen atoms in total. The number of aliphatic imine (C=N–C) groups is 1. The zero-order chi connectivity index (χ0) is 3.41. The summed E-state index contributed by atoms with van der Waals surface area (Å²) in [4.78, 5) is 3.00. The molecular weight excluding hydrogens is 50.0 g/mol. The van der Waals surface area contributed by atoms with Gasteiger partial charge in [-0.05, 0) is 0 Å². The van der Waals surface area contributed by atoms with Crippen LogP contribution in [0.15, 0.2) is 17.8 Å². The van der Waals surface area contributed by atoms with E-state index in [2.05, 4.69) is 18.3 Å². The van der Waals surface area contributed by atoms with Gasteiger partial charge in [-0.3, -0.25) is 4.99 Å². The van der Waals surface area contributed by atoms with Crippen LogP contribution in [0.4, 0.5) is 0 Å². The number of rotatable bonds is 1. The Kier molecular flexibility index (Phi) is 2.05. The molecule has 0 saturated carbocycles. The third-order valence-corrected chi connectivity index (χ3v) is 0.105. The highest BCUT2D eigenvalue weighted by atomic mass is 14.6. The van der Waals surface area contributed by atoms with Crippen molar-refractivity contribution in [3.63, 3.8) is 0 Å². The van der Waals surface area contributed by atoms with Gasteiger partial charge in [0.15, 0.2) is 0 Å². The van der Waals surface area contributed by atoms with Crippen molar-refractivity contribution in [1.82, 2.24) is 0 Å². The van der Waals surface area contributed by atoms with Crippen molar-refractivity contribution in [2.45, 2.75) is 0 Å². The van der Waals surface area contributed by atoms with Crippen molar-refractivity contribution in [2.24, 2.45) is 4.99 Å². The minimum atomic E-state index is 1.28. The highest BCUT2D eigenvalue weighted by molar-refractivity contribution is 5.24. The molecule has 0 aliphatic rings. The standard InChI is InChI=1S/C3H4N/c1-3-4-2/h2-3H,1H2. The molecule has 21 valence electrons. The second-order valence-electron chi connectivity index (χ2n) is 0.332. The van der Waals surface area contributed by atoms with Gasteiger partial charge in [-0.15, -0.1) is 0 Å². The lowest BCUT2D eigenvalue weighted by molar-refractivity contribution is 1.65. The van der Waals surface area contributed by atoms with Gasteiger partial charge >= 0.3 is 0 Å². The minimum Gasteiger partial charge on any atom is -0.264 e. The molecule has 0 aliphatic carbocycles. The van der Waals surface area contributed by atoms with Gasteiger partial charge in [0.1, 0.15) is 0 Å². The lowest BCUT2D eigenvalue weighted by atomic mass is 11.1. The van der Waals surface area contributed by atoms with Crippen LogP contribution < -0.4 is 0 Å². The first-order valence-corrected chi connectivity index (χ1v) is 0.925. The Morgan fingerprint density at radius 2 is 2.25 bits per heavy atom. The molecule has 0 saturated heterocycles. The molecule has 0 rings (SSSR count). The summed E-state index contributed by atoms with van der Waals surface area (Å²) in [7, 11) is 0. The van der Waals surface area contributed by atoms with Crippen LogP contribution in [0, 0.1) is 0 Å². The lowest BCUT2D eigenvalue weighted by Crippen LogP contribution is -1.26. The van der Waals surface area contributed by atoms with E-state index in [4.69, 9.17) is 0 Å². The molecule has 1 radical (unpaired) electrons. The third-order valence-electron chi connectivity index (χ3n) is 0.105. The topological polar surface area (TPSA) is 12.4 Å². The van der Waals surface area contributed by atoms with E-state index in [1.54, 1.807) is 0 Å². The molecule has 0 aromatic rings. The van der Waals surface area contributed by atoms with Crippen LogP contribution in [-0.4, -0.2) is 6.72 Å². The van der Waals surface area contributed by atoms with E-state index in [1.165, 1.54) is 6.20 Å². The Balaban J connectivity index is 2.73. The molecule has 0 heterocycles. The summed E-state index contributed by atoms with van der Waals surface area (Å²) in [6.07, 6.45) is 1.28. The predicted octanol–water partition coefficient (Wildman–Crippen LogP) is 0.708. The van der Waals surface area contributed by atoms with E-state index >= 15 is 0 Å². The van der Waals surface area contributed by atoms with Gasteiger partial charge in [-0.1, -0.05) is 6.58 Å². The Hall–Kier alpha value is -0.590. The summed E-state index contributed by atoms with van der Waals surface area (Å²) >= 11 is 0. The number of nitrogens with zero attached hydrogens (tertiary/aromatic N) is 1.